The van der Waals surface area contributed by atoms with E-state index in [1.165, 1.54) is 30.5 Å². The van der Waals surface area contributed by atoms with Gasteiger partial charge in [-0.2, -0.15) is 0 Å². The average molecular weight is 733 g/mol. The fourth-order valence-corrected chi connectivity index (χ4v) is 10.5. The number of H-pyrrole nitrogens is 1. The number of halogens is 1. The number of piperidine rings is 1. The molecule has 0 saturated carbocycles. The van der Waals surface area contributed by atoms with Crippen molar-refractivity contribution in [3.05, 3.63) is 134 Å². The highest BCUT2D eigenvalue weighted by molar-refractivity contribution is 7.83. The largest absolute Gasteiger partial charge is 0.373 e. The molecule has 3 aliphatic heterocycles. The van der Waals surface area contributed by atoms with E-state index in [2.05, 4.69) is 41.2 Å². The highest BCUT2D eigenvalue weighted by Crippen LogP contribution is 2.57. The van der Waals surface area contributed by atoms with Crippen molar-refractivity contribution in [2.45, 2.75) is 50.3 Å². The van der Waals surface area contributed by atoms with Gasteiger partial charge in [0.25, 0.3) is 5.56 Å². The Morgan fingerprint density at radius 1 is 0.922 bits per heavy atom. The molecule has 12 heteroatoms. The van der Waals surface area contributed by atoms with Gasteiger partial charge in [-0.15, -0.1) is 0 Å². The van der Waals surface area contributed by atoms with Gasteiger partial charge >= 0.3 is 12.6 Å². The molecule has 3 aliphatic rings. The summed E-state index contributed by atoms with van der Waals surface area (Å²) in [5.41, 5.74) is 2.11. The summed E-state index contributed by atoms with van der Waals surface area (Å²) in [5.74, 6) is 0. The molecule has 0 aliphatic carbocycles. The molecule has 4 heterocycles. The third-order valence-corrected chi connectivity index (χ3v) is 13.8. The lowest BCUT2D eigenvalue weighted by molar-refractivity contribution is -0.923. The van der Waals surface area contributed by atoms with Gasteiger partial charge in [0.15, 0.2) is 0 Å². The molecule has 10 nitrogen and oxygen atoms in total. The molecule has 0 radical (unpaired) electrons. The third kappa shape index (κ3) is 7.08. The topological polar surface area (TPSA) is 96.9 Å². The smallest absolute Gasteiger partial charge is 0.363 e. The van der Waals surface area contributed by atoms with Crippen LogP contribution in [0.1, 0.15) is 47.9 Å². The van der Waals surface area contributed by atoms with Crippen molar-refractivity contribution in [2.24, 2.45) is 0 Å². The molecular weight excluding hydrogens is 685 g/mol. The van der Waals surface area contributed by atoms with E-state index < -0.39 is 29.8 Å². The third-order valence-electron chi connectivity index (χ3n) is 11.3. The molecule has 0 spiro atoms. The summed E-state index contributed by atoms with van der Waals surface area (Å²) in [6, 6.07) is 28.9. The number of hydrogen-bond acceptors (Lipinski definition) is 6. The number of hydrogen-bond donors (Lipinski definition) is 1. The first-order chi connectivity index (χ1) is 24.6. The van der Waals surface area contributed by atoms with Gasteiger partial charge in [0.05, 0.1) is 56.7 Å². The van der Waals surface area contributed by atoms with E-state index >= 15 is 0 Å². The Morgan fingerprint density at radius 3 is 2.18 bits per heavy atom. The van der Waals surface area contributed by atoms with Crippen LogP contribution in [0.25, 0.3) is 5.69 Å². The Hall–Kier alpha value is -3.34. The van der Waals surface area contributed by atoms with Crippen LogP contribution in [0, 0.1) is 6.92 Å². The summed E-state index contributed by atoms with van der Waals surface area (Å²) >= 11 is 6.75. The monoisotopic (exact) mass is 732 g/mol. The molecule has 7 rings (SSSR count). The number of aromatic nitrogens is 2. The van der Waals surface area contributed by atoms with Crippen LogP contribution in [0.4, 0.5) is 0 Å². The molecule has 2 atom stereocenters. The zero-order valence-electron chi connectivity index (χ0n) is 29.5. The molecule has 0 amide bonds. The summed E-state index contributed by atoms with van der Waals surface area (Å²) in [4.78, 5) is 30.7. The summed E-state index contributed by atoms with van der Waals surface area (Å²) in [6.07, 6.45) is 5.65. The number of aromatic amines is 1. The van der Waals surface area contributed by atoms with Crippen LogP contribution in [0.15, 0.2) is 101 Å². The number of morpholine rings is 1. The fourth-order valence-electron chi connectivity index (χ4n) is 8.63. The van der Waals surface area contributed by atoms with Crippen molar-refractivity contribution < 1.29 is 18.3 Å². The highest BCUT2D eigenvalue weighted by atomic mass is 35.7. The molecule has 1 N–H and O–H groups in total. The second-order valence-electron chi connectivity index (χ2n) is 14.4. The van der Waals surface area contributed by atoms with Crippen molar-refractivity contribution in [2.75, 3.05) is 59.5 Å². The minimum atomic E-state index is -3.58. The van der Waals surface area contributed by atoms with Crippen LogP contribution in [-0.4, -0.2) is 95.3 Å². The molecule has 51 heavy (non-hydrogen) atoms. The minimum Gasteiger partial charge on any atom is -0.373 e. The van der Waals surface area contributed by atoms with Crippen molar-refractivity contribution in [1.82, 2.24) is 19.1 Å². The van der Waals surface area contributed by atoms with E-state index in [0.717, 1.165) is 34.0 Å². The SMILES string of the molecule is Cc1cn(-c2ccccc2C(c2ccccc2)(c2ccccc2)N2CCOC(COP(=O)(Cl)N3CCC([N+]4(C)CCCC4)CC3)C2)c(=O)[nH]c1=O. The van der Waals surface area contributed by atoms with E-state index in [-0.39, 0.29) is 6.61 Å². The Labute approximate surface area is 304 Å². The van der Waals surface area contributed by atoms with E-state index in [9.17, 15) is 14.2 Å². The van der Waals surface area contributed by atoms with Crippen LogP contribution in [0.5, 0.6) is 0 Å². The van der Waals surface area contributed by atoms with E-state index in [1.807, 2.05) is 65.3 Å². The first kappa shape index (κ1) is 36.0. The van der Waals surface area contributed by atoms with Gasteiger partial charge in [0, 0.05) is 69.2 Å². The molecule has 4 aromatic rings. The molecule has 3 saturated heterocycles. The van der Waals surface area contributed by atoms with Crippen LogP contribution in [0.3, 0.4) is 0 Å². The summed E-state index contributed by atoms with van der Waals surface area (Å²) in [5, 5.41) is 0. The van der Waals surface area contributed by atoms with Crippen molar-refractivity contribution in [1.29, 1.82) is 0 Å². The lowest BCUT2D eigenvalue weighted by Gasteiger charge is -2.49. The summed E-state index contributed by atoms with van der Waals surface area (Å²) in [7, 11) is 2.36. The zero-order chi connectivity index (χ0) is 35.6. The second kappa shape index (κ2) is 15.0. The van der Waals surface area contributed by atoms with Gasteiger partial charge in [-0.25, -0.2) is 9.46 Å². The van der Waals surface area contributed by atoms with Crippen molar-refractivity contribution in [3.63, 3.8) is 0 Å². The van der Waals surface area contributed by atoms with Gasteiger partial charge < -0.3 is 13.7 Å². The maximum Gasteiger partial charge on any atom is 0.363 e. The number of nitrogens with one attached hydrogen (secondary N) is 1. The number of nitrogens with zero attached hydrogens (tertiary/aromatic N) is 4. The van der Waals surface area contributed by atoms with Crippen LogP contribution in [0.2, 0.25) is 0 Å². The number of benzene rings is 3. The van der Waals surface area contributed by atoms with E-state index in [0.29, 0.717) is 50.1 Å². The zero-order valence-corrected chi connectivity index (χ0v) is 31.1. The summed E-state index contributed by atoms with van der Waals surface area (Å²) < 4.78 is 30.8. The molecule has 3 aromatic carbocycles. The summed E-state index contributed by atoms with van der Waals surface area (Å²) in [6.45, 7) is 3.34. The average Bonchev–Trinajstić information content (AvgIpc) is 3.61. The van der Waals surface area contributed by atoms with Crippen LogP contribution in [-0.2, 0) is 19.4 Å². The second-order valence-corrected chi connectivity index (χ2v) is 17.4. The van der Waals surface area contributed by atoms with Crippen molar-refractivity contribution >= 4 is 18.1 Å². The van der Waals surface area contributed by atoms with Gasteiger partial charge in [-0.1, -0.05) is 78.9 Å². The van der Waals surface area contributed by atoms with Gasteiger partial charge in [0.1, 0.15) is 0 Å². The number of ether oxygens (including phenoxy) is 1. The predicted octanol–water partition coefficient (Wildman–Crippen LogP) is 5.90. The Balaban J connectivity index is 1.22. The van der Waals surface area contributed by atoms with Gasteiger partial charge in [-0.05, 0) is 35.4 Å². The Kier molecular flexibility index (Phi) is 10.6. The maximum atomic E-state index is 13.9. The number of rotatable bonds is 10. The normalized spacial score (nSPS) is 21.7. The van der Waals surface area contributed by atoms with Crippen LogP contribution < -0.4 is 11.2 Å². The minimum absolute atomic E-state index is 0.0743. The Morgan fingerprint density at radius 2 is 1.53 bits per heavy atom. The number of likely N-dealkylation sites (tertiary alicyclic amines) is 1. The van der Waals surface area contributed by atoms with E-state index in [4.69, 9.17) is 20.5 Å². The molecule has 3 fully saturated rings. The maximum absolute atomic E-state index is 13.9. The van der Waals surface area contributed by atoms with E-state index in [1.54, 1.807) is 13.1 Å². The predicted molar refractivity (Wildman–Crippen MR) is 201 cm³/mol. The van der Waals surface area contributed by atoms with Gasteiger partial charge in [0.2, 0.25) is 0 Å². The highest BCUT2D eigenvalue weighted by Gasteiger charge is 2.47. The standard InChI is InChI=1S/C39H47ClN5O5P/c1-30-27-44(38(47)41-37(30)46)36-18-10-9-17-35(36)39(31-13-5-3-6-14-31,32-15-7-4-8-16-32)42-23-26-49-34(28-42)29-50-51(40,48)43-21-19-33(20-22-43)45(2)24-11-12-25-45/h3-10,13-18,27,33-34H,11-12,19-26,28-29H2,1-2H3/p+1. The van der Waals surface area contributed by atoms with Gasteiger partial charge in [-0.3, -0.25) is 23.8 Å². The fraction of sp³-hybridized carbons (Fsp3) is 0.436. The molecule has 2 unspecified atom stereocenters. The first-order valence-corrected chi connectivity index (χ1v) is 20.5. The molecular formula is C39H48ClN5O5P+. The van der Waals surface area contributed by atoms with Crippen LogP contribution >= 0.6 is 18.1 Å². The quantitative estimate of drug-likeness (QED) is 0.123. The Bertz CT molecular complexity index is 1940. The molecule has 1 aromatic heterocycles. The lowest BCUT2D eigenvalue weighted by atomic mass is 9.74. The molecule has 270 valence electrons. The first-order valence-electron chi connectivity index (χ1n) is 18.1. The number of para-hydroxylation sites is 1. The number of aryl methyl sites for hydroxylation is 1. The lowest BCUT2D eigenvalue weighted by Crippen LogP contribution is -2.56. The van der Waals surface area contributed by atoms with Crippen molar-refractivity contribution in [3.8, 4) is 5.69 Å². The molecule has 0 bridgehead atoms. The number of quaternary nitrogens is 1.